The summed E-state index contributed by atoms with van der Waals surface area (Å²) in [5.41, 5.74) is 3.27. The Hall–Kier alpha value is -4.00. The van der Waals surface area contributed by atoms with E-state index in [4.69, 9.17) is 0 Å². The molecule has 0 atom stereocenters. The molecule has 0 spiro atoms. The molecule has 0 unspecified atom stereocenters. The van der Waals surface area contributed by atoms with E-state index >= 15 is 0 Å². The number of aromatic amines is 1. The maximum absolute atomic E-state index is 14.1. The number of para-hydroxylation sites is 2. The van der Waals surface area contributed by atoms with E-state index < -0.39 is 23.1 Å². The lowest BCUT2D eigenvalue weighted by atomic mass is 10.1. The van der Waals surface area contributed by atoms with Gasteiger partial charge in [0.05, 0.1) is 0 Å². The van der Waals surface area contributed by atoms with Crippen molar-refractivity contribution in [2.45, 2.75) is 19.8 Å². The maximum Gasteiger partial charge on any atom is 0.263 e. The Bertz CT molecular complexity index is 1290. The molecule has 7 heteroatoms. The van der Waals surface area contributed by atoms with Crippen LogP contribution in [0.2, 0.25) is 0 Å². The molecule has 0 aliphatic rings. The van der Waals surface area contributed by atoms with E-state index in [1.54, 1.807) is 0 Å². The molecule has 5 nitrogen and oxygen atoms in total. The van der Waals surface area contributed by atoms with Crippen molar-refractivity contribution in [3.63, 3.8) is 0 Å². The summed E-state index contributed by atoms with van der Waals surface area (Å²) >= 11 is 0. The van der Waals surface area contributed by atoms with Crippen LogP contribution in [-0.2, 0) is 12.8 Å². The van der Waals surface area contributed by atoms with Crippen LogP contribution in [0, 0.1) is 11.6 Å². The van der Waals surface area contributed by atoms with E-state index in [1.807, 2.05) is 61.7 Å². The third-order valence-corrected chi connectivity index (χ3v) is 5.40. The molecule has 168 valence electrons. The number of carbonyl (C=O) groups excluding carboxylic acids is 1. The first-order valence-corrected chi connectivity index (χ1v) is 10.8. The van der Waals surface area contributed by atoms with Crippen LogP contribution in [0.1, 0.15) is 28.4 Å². The van der Waals surface area contributed by atoms with Gasteiger partial charge in [0, 0.05) is 29.3 Å². The van der Waals surface area contributed by atoms with Crippen molar-refractivity contribution in [3.05, 3.63) is 101 Å². The summed E-state index contributed by atoms with van der Waals surface area (Å²) in [7, 11) is 0. The van der Waals surface area contributed by atoms with Crippen molar-refractivity contribution in [1.82, 2.24) is 10.3 Å². The van der Waals surface area contributed by atoms with E-state index in [9.17, 15) is 13.6 Å². The van der Waals surface area contributed by atoms with E-state index in [0.717, 1.165) is 46.3 Å². The fraction of sp³-hybridized carbons (Fsp3) is 0.154. The number of amides is 1. The molecule has 1 amide bonds. The number of halogens is 2. The van der Waals surface area contributed by atoms with Gasteiger partial charge in [-0.25, -0.2) is 8.78 Å². The van der Waals surface area contributed by atoms with Crippen molar-refractivity contribution in [1.29, 1.82) is 0 Å². The fourth-order valence-corrected chi connectivity index (χ4v) is 3.70. The highest BCUT2D eigenvalue weighted by molar-refractivity contribution is 6.10. The zero-order chi connectivity index (χ0) is 23.2. The Labute approximate surface area is 190 Å². The van der Waals surface area contributed by atoms with Gasteiger partial charge in [-0.1, -0.05) is 49.4 Å². The van der Waals surface area contributed by atoms with Gasteiger partial charge in [-0.3, -0.25) is 15.1 Å². The third kappa shape index (κ3) is 5.09. The number of hydrogen-bond acceptors (Lipinski definition) is 2. The maximum atomic E-state index is 14.1. The van der Waals surface area contributed by atoms with E-state index in [2.05, 4.69) is 20.6 Å². The number of aromatic nitrogens is 1. The number of rotatable bonds is 6. The highest BCUT2D eigenvalue weighted by Crippen LogP contribution is 2.19. The van der Waals surface area contributed by atoms with Crippen LogP contribution in [0.15, 0.2) is 77.9 Å². The molecule has 3 aromatic carbocycles. The lowest BCUT2D eigenvalue weighted by molar-refractivity contribution is 0.0968. The lowest BCUT2D eigenvalue weighted by Crippen LogP contribution is -2.37. The van der Waals surface area contributed by atoms with E-state index in [1.165, 1.54) is 6.07 Å². The zero-order valence-electron chi connectivity index (χ0n) is 18.2. The third-order valence-electron chi connectivity index (χ3n) is 5.40. The van der Waals surface area contributed by atoms with E-state index in [0.29, 0.717) is 13.0 Å². The molecule has 0 bridgehead atoms. The second-order valence-corrected chi connectivity index (χ2v) is 7.53. The molecule has 0 aliphatic heterocycles. The fourth-order valence-electron chi connectivity index (χ4n) is 3.70. The number of H-pyrrole nitrogens is 1. The molecule has 4 rings (SSSR count). The normalized spacial score (nSPS) is 11.5. The zero-order valence-corrected chi connectivity index (χ0v) is 18.2. The predicted octanol–water partition coefficient (Wildman–Crippen LogP) is 5.45. The molecule has 0 radical (unpaired) electrons. The summed E-state index contributed by atoms with van der Waals surface area (Å²) < 4.78 is 28.2. The topological polar surface area (TPSA) is 69.3 Å². The number of guanidine groups is 1. The van der Waals surface area contributed by atoms with Crippen molar-refractivity contribution in [2.75, 3.05) is 11.9 Å². The van der Waals surface area contributed by atoms with Crippen molar-refractivity contribution >= 4 is 28.5 Å². The number of anilines is 1. The average molecular weight is 447 g/mol. The molecule has 0 saturated carbocycles. The van der Waals surface area contributed by atoms with Crippen LogP contribution in [0.4, 0.5) is 14.5 Å². The standard InChI is InChI=1S/C26H24F2N4O/c1-2-17-8-3-5-12-22(17)31-26(32-25(33)24-20(27)10-7-11-21(24)28)29-15-14-18-16-30-23-13-6-4-9-19(18)23/h3-13,16,30H,2,14-15H2,1H3,(H2,29,31,32,33). The van der Waals surface area contributed by atoms with Crippen LogP contribution in [0.5, 0.6) is 0 Å². The minimum Gasteiger partial charge on any atom is -0.361 e. The Morgan fingerprint density at radius 3 is 2.45 bits per heavy atom. The first kappa shape index (κ1) is 22.2. The number of hydrogen-bond donors (Lipinski definition) is 3. The summed E-state index contributed by atoms with van der Waals surface area (Å²) in [6.07, 6.45) is 3.32. The molecule has 4 aromatic rings. The smallest absolute Gasteiger partial charge is 0.263 e. The van der Waals surface area contributed by atoms with Crippen LogP contribution < -0.4 is 10.6 Å². The van der Waals surface area contributed by atoms with Crippen molar-refractivity contribution in [3.8, 4) is 0 Å². The highest BCUT2D eigenvalue weighted by atomic mass is 19.1. The molecule has 0 aliphatic carbocycles. The van der Waals surface area contributed by atoms with Gasteiger partial charge in [-0.2, -0.15) is 0 Å². The molecular weight excluding hydrogens is 422 g/mol. The molecule has 3 N–H and O–H groups in total. The lowest BCUT2D eigenvalue weighted by Gasteiger charge is -2.15. The predicted molar refractivity (Wildman–Crippen MR) is 128 cm³/mol. The Morgan fingerprint density at radius 1 is 0.939 bits per heavy atom. The van der Waals surface area contributed by atoms with Gasteiger partial charge in [0.1, 0.15) is 17.2 Å². The quantitative estimate of drug-likeness (QED) is 0.272. The molecule has 0 saturated heterocycles. The second-order valence-electron chi connectivity index (χ2n) is 7.53. The van der Waals surface area contributed by atoms with Gasteiger partial charge in [-0.15, -0.1) is 0 Å². The highest BCUT2D eigenvalue weighted by Gasteiger charge is 2.19. The summed E-state index contributed by atoms with van der Waals surface area (Å²) in [4.78, 5) is 20.4. The Morgan fingerprint density at radius 2 is 1.67 bits per heavy atom. The summed E-state index contributed by atoms with van der Waals surface area (Å²) in [6, 6.07) is 18.9. The summed E-state index contributed by atoms with van der Waals surface area (Å²) in [5.74, 6) is -2.64. The molecule has 0 fully saturated rings. The van der Waals surface area contributed by atoms with Crippen LogP contribution >= 0.6 is 0 Å². The largest absolute Gasteiger partial charge is 0.361 e. The molecular formula is C26H24F2N4O. The van der Waals surface area contributed by atoms with Gasteiger partial charge in [0.2, 0.25) is 5.96 Å². The van der Waals surface area contributed by atoms with Crippen LogP contribution in [0.25, 0.3) is 10.9 Å². The number of benzene rings is 3. The Balaban J connectivity index is 1.58. The average Bonchev–Trinajstić information content (AvgIpc) is 3.22. The minimum atomic E-state index is -0.931. The monoisotopic (exact) mass is 446 g/mol. The number of aliphatic imine (C=N–C) groups is 1. The number of fused-ring (bicyclic) bond motifs is 1. The number of nitrogens with zero attached hydrogens (tertiary/aromatic N) is 1. The SMILES string of the molecule is CCc1ccccc1NC(=NCCc1c[nH]c2ccccc12)NC(=O)c1c(F)cccc1F. The Kier molecular flexibility index (Phi) is 6.78. The van der Waals surface area contributed by atoms with Crippen molar-refractivity contribution < 1.29 is 13.6 Å². The van der Waals surface area contributed by atoms with Crippen LogP contribution in [0.3, 0.4) is 0 Å². The molecule has 1 aromatic heterocycles. The van der Waals surface area contributed by atoms with Crippen LogP contribution in [-0.4, -0.2) is 23.4 Å². The molecule has 1 heterocycles. The van der Waals surface area contributed by atoms with E-state index in [-0.39, 0.29) is 5.96 Å². The van der Waals surface area contributed by atoms with Gasteiger partial charge >= 0.3 is 0 Å². The van der Waals surface area contributed by atoms with Gasteiger partial charge in [-0.05, 0) is 48.2 Å². The van der Waals surface area contributed by atoms with Gasteiger partial charge in [0.25, 0.3) is 5.91 Å². The van der Waals surface area contributed by atoms with Gasteiger partial charge in [0.15, 0.2) is 0 Å². The number of nitrogens with one attached hydrogen (secondary N) is 3. The molecule has 33 heavy (non-hydrogen) atoms. The van der Waals surface area contributed by atoms with Gasteiger partial charge < -0.3 is 10.3 Å². The first-order valence-electron chi connectivity index (χ1n) is 10.8. The second kappa shape index (κ2) is 10.1. The minimum absolute atomic E-state index is 0.128. The van der Waals surface area contributed by atoms with Crippen molar-refractivity contribution in [2.24, 2.45) is 4.99 Å². The first-order chi connectivity index (χ1) is 16.1. The number of carbonyl (C=O) groups is 1. The summed E-state index contributed by atoms with van der Waals surface area (Å²) in [6.45, 7) is 2.38. The summed E-state index contributed by atoms with van der Waals surface area (Å²) in [5, 5.41) is 6.77. The number of aryl methyl sites for hydroxylation is 1.